The molecule has 2 heterocycles. The van der Waals surface area contributed by atoms with Crippen LogP contribution in [0.5, 0.6) is 5.75 Å². The molecule has 2 aromatic heterocycles. The highest BCUT2D eigenvalue weighted by Gasteiger charge is 2.29. The second-order valence-corrected chi connectivity index (χ2v) is 10.0. The Morgan fingerprint density at radius 1 is 1.25 bits per heavy atom. The summed E-state index contributed by atoms with van der Waals surface area (Å²) in [6.07, 6.45) is 3.50. The summed E-state index contributed by atoms with van der Waals surface area (Å²) in [5.74, 6) is 1.12. The van der Waals surface area contributed by atoms with Crippen molar-refractivity contribution in [3.63, 3.8) is 0 Å². The van der Waals surface area contributed by atoms with Gasteiger partial charge in [-0.1, -0.05) is 6.92 Å². The number of nitrogens with one attached hydrogen (secondary N) is 2. The number of halogens is 3. The van der Waals surface area contributed by atoms with Crippen LogP contribution in [0.15, 0.2) is 24.5 Å². The molecule has 194 valence electrons. The van der Waals surface area contributed by atoms with Crippen molar-refractivity contribution in [2.75, 3.05) is 6.61 Å². The van der Waals surface area contributed by atoms with Gasteiger partial charge in [-0.3, -0.25) is 4.79 Å². The zero-order valence-electron chi connectivity index (χ0n) is 20.4. The van der Waals surface area contributed by atoms with E-state index in [4.69, 9.17) is 10.5 Å². The topological polar surface area (TPSA) is 106 Å². The first kappa shape index (κ1) is 26.3. The lowest BCUT2D eigenvalue weighted by atomic mass is 9.83. The van der Waals surface area contributed by atoms with E-state index in [9.17, 15) is 13.6 Å². The Balaban J connectivity index is 0.00000304. The number of benzene rings is 1. The van der Waals surface area contributed by atoms with Gasteiger partial charge in [0.2, 0.25) is 0 Å². The van der Waals surface area contributed by atoms with Crippen molar-refractivity contribution in [1.29, 1.82) is 0 Å². The van der Waals surface area contributed by atoms with Crippen molar-refractivity contribution in [1.82, 2.24) is 20.3 Å². The standard InChI is InChI=1S/C26H31F2N5O2.ClH/c1-13-9-17(6-7-19(13)29)33-26(34)21-14(2)32-24-22(30-12-31-23(21)24)18-10-16(25(27)28)5-8-20(18)35-11-15-3-4-15;/h5,8,10,12-13,15,17,19,25,32H,3-4,6-7,9,11,29H2,1-2H3,(H,33,34);1H/t13-,17-,19-;/m0./s1. The number of aromatic nitrogens is 3. The molecule has 36 heavy (non-hydrogen) atoms. The average molecular weight is 520 g/mol. The number of amides is 1. The Labute approximate surface area is 215 Å². The maximum absolute atomic E-state index is 13.5. The van der Waals surface area contributed by atoms with Crippen molar-refractivity contribution < 1.29 is 18.3 Å². The van der Waals surface area contributed by atoms with Crippen LogP contribution in [0.25, 0.3) is 22.3 Å². The average Bonchev–Trinajstić information content (AvgIpc) is 3.59. The fourth-order valence-electron chi connectivity index (χ4n) is 4.90. The third kappa shape index (κ3) is 5.32. The van der Waals surface area contributed by atoms with Gasteiger partial charge in [-0.05, 0) is 69.1 Å². The van der Waals surface area contributed by atoms with Crippen LogP contribution >= 0.6 is 12.4 Å². The van der Waals surface area contributed by atoms with E-state index in [0.717, 1.165) is 32.1 Å². The third-order valence-electron chi connectivity index (χ3n) is 7.25. The first-order chi connectivity index (χ1) is 16.8. The molecule has 7 nitrogen and oxygen atoms in total. The highest BCUT2D eigenvalue weighted by molar-refractivity contribution is 6.09. The minimum absolute atomic E-state index is 0. The van der Waals surface area contributed by atoms with Gasteiger partial charge in [-0.2, -0.15) is 0 Å². The van der Waals surface area contributed by atoms with Gasteiger partial charge < -0.3 is 20.8 Å². The van der Waals surface area contributed by atoms with E-state index in [1.165, 1.54) is 18.5 Å². The predicted octanol–water partition coefficient (Wildman–Crippen LogP) is 5.33. The Kier molecular flexibility index (Phi) is 7.80. The van der Waals surface area contributed by atoms with Gasteiger partial charge in [0.25, 0.3) is 12.3 Å². The summed E-state index contributed by atoms with van der Waals surface area (Å²) in [5.41, 5.74) is 8.97. The van der Waals surface area contributed by atoms with Crippen LogP contribution in [0, 0.1) is 18.8 Å². The summed E-state index contributed by atoms with van der Waals surface area (Å²) in [6, 6.07) is 4.58. The minimum Gasteiger partial charge on any atom is -0.493 e. The maximum atomic E-state index is 13.5. The Hall–Kier alpha value is -2.78. The van der Waals surface area contributed by atoms with Gasteiger partial charge in [0.1, 0.15) is 23.3 Å². The molecule has 0 saturated heterocycles. The third-order valence-corrected chi connectivity index (χ3v) is 7.25. The summed E-state index contributed by atoms with van der Waals surface area (Å²) < 4.78 is 33.1. The number of aromatic amines is 1. The molecule has 0 spiro atoms. The largest absolute Gasteiger partial charge is 0.493 e. The highest BCUT2D eigenvalue weighted by Crippen LogP contribution is 2.38. The van der Waals surface area contributed by atoms with Gasteiger partial charge in [0.05, 0.1) is 17.7 Å². The molecule has 4 N–H and O–H groups in total. The number of carbonyl (C=O) groups is 1. The molecule has 10 heteroatoms. The van der Waals surface area contributed by atoms with Crippen LogP contribution in [-0.2, 0) is 0 Å². The number of nitrogens with zero attached hydrogens (tertiary/aromatic N) is 2. The van der Waals surface area contributed by atoms with Gasteiger partial charge in [-0.25, -0.2) is 18.7 Å². The molecule has 3 atom stereocenters. The number of hydrogen-bond acceptors (Lipinski definition) is 5. The highest BCUT2D eigenvalue weighted by atomic mass is 35.5. The smallest absolute Gasteiger partial charge is 0.263 e. The first-order valence-corrected chi connectivity index (χ1v) is 12.3. The fourth-order valence-corrected chi connectivity index (χ4v) is 4.90. The number of aryl methyl sites for hydroxylation is 1. The summed E-state index contributed by atoms with van der Waals surface area (Å²) in [4.78, 5) is 25.3. The zero-order valence-corrected chi connectivity index (χ0v) is 21.2. The predicted molar refractivity (Wildman–Crippen MR) is 137 cm³/mol. The molecule has 0 aliphatic heterocycles. The molecular weight excluding hydrogens is 488 g/mol. The van der Waals surface area contributed by atoms with Gasteiger partial charge in [-0.15, -0.1) is 12.4 Å². The van der Waals surface area contributed by atoms with E-state index in [2.05, 4.69) is 27.2 Å². The first-order valence-electron chi connectivity index (χ1n) is 12.3. The van der Waals surface area contributed by atoms with Crippen LogP contribution in [0.4, 0.5) is 8.78 Å². The molecule has 2 aliphatic carbocycles. The van der Waals surface area contributed by atoms with Crippen LogP contribution < -0.4 is 15.8 Å². The van der Waals surface area contributed by atoms with Crippen LogP contribution in [-0.4, -0.2) is 39.5 Å². The summed E-state index contributed by atoms with van der Waals surface area (Å²) in [5, 5.41) is 3.14. The minimum atomic E-state index is -2.62. The summed E-state index contributed by atoms with van der Waals surface area (Å²) in [6.45, 7) is 4.45. The van der Waals surface area contributed by atoms with E-state index < -0.39 is 6.43 Å². The van der Waals surface area contributed by atoms with Crippen molar-refractivity contribution >= 4 is 29.3 Å². The molecule has 1 aromatic carbocycles. The summed E-state index contributed by atoms with van der Waals surface area (Å²) >= 11 is 0. The zero-order chi connectivity index (χ0) is 24.7. The second kappa shape index (κ2) is 10.7. The lowest BCUT2D eigenvalue weighted by Gasteiger charge is -2.32. The number of carbonyl (C=O) groups excluding carboxylic acids is 1. The Morgan fingerprint density at radius 3 is 2.72 bits per heavy atom. The molecule has 2 saturated carbocycles. The molecule has 2 fully saturated rings. The quantitative estimate of drug-likeness (QED) is 0.391. The van der Waals surface area contributed by atoms with Crippen LogP contribution in [0.3, 0.4) is 0 Å². The van der Waals surface area contributed by atoms with Crippen molar-refractivity contribution in [3.8, 4) is 17.0 Å². The number of ether oxygens (including phenoxy) is 1. The van der Waals surface area contributed by atoms with E-state index in [1.807, 2.05) is 0 Å². The second-order valence-electron chi connectivity index (χ2n) is 10.0. The molecule has 0 unspecified atom stereocenters. The van der Waals surface area contributed by atoms with Crippen molar-refractivity contribution in [2.24, 2.45) is 17.6 Å². The maximum Gasteiger partial charge on any atom is 0.263 e. The number of nitrogens with two attached hydrogens (primary N) is 1. The lowest BCUT2D eigenvalue weighted by molar-refractivity contribution is 0.0918. The molecular formula is C26H32ClF2N5O2. The summed E-state index contributed by atoms with van der Waals surface area (Å²) in [7, 11) is 0. The van der Waals surface area contributed by atoms with Gasteiger partial charge in [0.15, 0.2) is 0 Å². The van der Waals surface area contributed by atoms with Crippen LogP contribution in [0.2, 0.25) is 0 Å². The van der Waals surface area contributed by atoms with E-state index in [0.29, 0.717) is 57.7 Å². The van der Waals surface area contributed by atoms with Crippen molar-refractivity contribution in [3.05, 3.63) is 41.3 Å². The number of fused-ring (bicyclic) bond motifs is 1. The molecule has 5 rings (SSSR count). The number of rotatable bonds is 7. The fraction of sp³-hybridized carbons (Fsp3) is 0.500. The number of H-pyrrole nitrogens is 1. The Bertz CT molecular complexity index is 1250. The number of hydrogen-bond donors (Lipinski definition) is 3. The van der Waals surface area contributed by atoms with E-state index in [-0.39, 0.29) is 36.0 Å². The van der Waals surface area contributed by atoms with E-state index >= 15 is 0 Å². The molecule has 1 amide bonds. The normalized spacial score (nSPS) is 21.9. The molecule has 0 bridgehead atoms. The monoisotopic (exact) mass is 519 g/mol. The SMILES string of the molecule is Cc1[nH]c2c(-c3cc(C(F)F)ccc3OCC3CC3)ncnc2c1C(=O)N[C@H]1CC[C@H](N)[C@@H](C)C1.Cl. The number of alkyl halides is 2. The van der Waals surface area contributed by atoms with Gasteiger partial charge in [0, 0.05) is 28.9 Å². The molecule has 3 aromatic rings. The van der Waals surface area contributed by atoms with Gasteiger partial charge >= 0.3 is 0 Å². The van der Waals surface area contributed by atoms with Crippen LogP contribution in [0.1, 0.15) is 67.1 Å². The van der Waals surface area contributed by atoms with Crippen molar-refractivity contribution in [2.45, 2.75) is 64.5 Å². The lowest BCUT2D eigenvalue weighted by Crippen LogP contribution is -2.44. The van der Waals surface area contributed by atoms with E-state index in [1.54, 1.807) is 13.0 Å². The molecule has 0 radical (unpaired) electrons. The Morgan fingerprint density at radius 2 is 2.03 bits per heavy atom. The molecule has 2 aliphatic rings.